The van der Waals surface area contributed by atoms with Gasteiger partial charge in [-0.2, -0.15) is 0 Å². The van der Waals surface area contributed by atoms with Crippen molar-refractivity contribution in [2.45, 2.75) is 37.5 Å². The van der Waals surface area contributed by atoms with Gasteiger partial charge in [-0.25, -0.2) is 4.39 Å². The van der Waals surface area contributed by atoms with E-state index in [0.29, 0.717) is 11.7 Å². The molecule has 2 rings (SSSR count). The quantitative estimate of drug-likeness (QED) is 0.484. The second-order valence-electron chi connectivity index (χ2n) is 6.16. The van der Waals surface area contributed by atoms with E-state index in [9.17, 15) is 14.0 Å². The van der Waals surface area contributed by atoms with Crippen LogP contribution in [0.4, 0.5) is 10.1 Å². The fourth-order valence-electron chi connectivity index (χ4n) is 2.45. The zero-order valence-corrected chi connectivity index (χ0v) is 16.4. The summed E-state index contributed by atoms with van der Waals surface area (Å²) in [6.45, 7) is 3.88. The molecule has 2 aromatic rings. The van der Waals surface area contributed by atoms with E-state index in [1.807, 2.05) is 24.3 Å². The van der Waals surface area contributed by atoms with Gasteiger partial charge in [0.05, 0.1) is 6.42 Å². The van der Waals surface area contributed by atoms with Crippen LogP contribution >= 0.6 is 11.8 Å². The number of amides is 1. The second-order valence-corrected chi connectivity index (χ2v) is 7.33. The first kappa shape index (κ1) is 21.0. The minimum atomic E-state index is -0.435. The van der Waals surface area contributed by atoms with Crippen LogP contribution in [0.25, 0.3) is 0 Å². The molecule has 0 saturated carbocycles. The van der Waals surface area contributed by atoms with Crippen molar-refractivity contribution in [3.05, 3.63) is 59.9 Å². The molecule has 0 heterocycles. The van der Waals surface area contributed by atoms with Crippen molar-refractivity contribution in [3.8, 4) is 0 Å². The van der Waals surface area contributed by atoms with Gasteiger partial charge in [-0.15, -0.1) is 11.8 Å². The maximum Gasteiger partial charge on any atom is 0.307 e. The van der Waals surface area contributed by atoms with Gasteiger partial charge in [0.15, 0.2) is 6.61 Å². The molecule has 0 bridgehead atoms. The zero-order chi connectivity index (χ0) is 19.6. The lowest BCUT2D eigenvalue weighted by molar-refractivity contribution is -0.146. The number of esters is 1. The van der Waals surface area contributed by atoms with E-state index in [1.54, 1.807) is 12.1 Å². The van der Waals surface area contributed by atoms with Crippen LogP contribution in [0.15, 0.2) is 53.4 Å². The molecule has 144 valence electrons. The number of halogens is 1. The van der Waals surface area contributed by atoms with Crippen LogP contribution in [0, 0.1) is 5.82 Å². The highest BCUT2D eigenvalue weighted by molar-refractivity contribution is 7.99. The Labute approximate surface area is 163 Å². The van der Waals surface area contributed by atoms with Crippen LogP contribution in [0.2, 0.25) is 0 Å². The van der Waals surface area contributed by atoms with Crippen molar-refractivity contribution in [2.24, 2.45) is 0 Å². The van der Waals surface area contributed by atoms with E-state index in [0.717, 1.165) is 22.6 Å². The highest BCUT2D eigenvalue weighted by atomic mass is 32.2. The van der Waals surface area contributed by atoms with Crippen molar-refractivity contribution in [1.29, 1.82) is 0 Å². The molecule has 0 unspecified atom stereocenters. The zero-order valence-electron chi connectivity index (χ0n) is 15.5. The summed E-state index contributed by atoms with van der Waals surface area (Å²) in [7, 11) is 0. The number of anilines is 1. The highest BCUT2D eigenvalue weighted by Crippen LogP contribution is 2.26. The lowest BCUT2D eigenvalue weighted by Gasteiger charge is -2.15. The van der Waals surface area contributed by atoms with E-state index in [2.05, 4.69) is 19.2 Å². The molecule has 6 heteroatoms. The molecule has 0 aromatic heterocycles. The smallest absolute Gasteiger partial charge is 0.307 e. The number of carbonyl (C=O) groups is 2. The Morgan fingerprint density at radius 3 is 2.56 bits per heavy atom. The predicted molar refractivity (Wildman–Crippen MR) is 106 cm³/mol. The molecule has 0 spiro atoms. The maximum atomic E-state index is 12.8. The first-order chi connectivity index (χ1) is 13.0. The maximum absolute atomic E-state index is 12.8. The number of carbonyl (C=O) groups excluding carboxylic acids is 2. The number of para-hydroxylation sites is 1. The summed E-state index contributed by atoms with van der Waals surface area (Å²) in [6, 6.07) is 13.7. The molecular weight excluding hydrogens is 365 g/mol. The molecule has 4 nitrogen and oxygen atoms in total. The fraction of sp³-hybridized carbons (Fsp3) is 0.333. The summed E-state index contributed by atoms with van der Waals surface area (Å²) in [5.74, 6) is -0.254. The minimum Gasteiger partial charge on any atom is -0.456 e. The molecule has 27 heavy (non-hydrogen) atoms. The predicted octanol–water partition coefficient (Wildman–Crippen LogP) is 5.00. The third-order valence-corrected chi connectivity index (χ3v) is 5.14. The first-order valence-electron chi connectivity index (χ1n) is 8.92. The standard InChI is InChI=1S/C21H24FNO3S/c1-3-15(2)18-6-4-5-7-19(18)23-20(24)14-26-21(25)12-13-27-17-10-8-16(22)9-11-17/h4-11,15H,3,12-14H2,1-2H3,(H,23,24)/t15-/m1/s1. The van der Waals surface area contributed by atoms with E-state index < -0.39 is 5.97 Å². The minimum absolute atomic E-state index is 0.179. The molecule has 1 atom stereocenters. The molecule has 0 aliphatic heterocycles. The Morgan fingerprint density at radius 1 is 1.15 bits per heavy atom. The van der Waals surface area contributed by atoms with E-state index in [1.165, 1.54) is 23.9 Å². The molecule has 0 aliphatic rings. The van der Waals surface area contributed by atoms with Crippen LogP contribution < -0.4 is 5.32 Å². The number of hydrogen-bond acceptors (Lipinski definition) is 4. The van der Waals surface area contributed by atoms with Crippen molar-refractivity contribution in [1.82, 2.24) is 0 Å². The summed E-state index contributed by atoms with van der Waals surface area (Å²) in [4.78, 5) is 24.7. The van der Waals surface area contributed by atoms with Gasteiger partial charge in [0.2, 0.25) is 0 Å². The van der Waals surface area contributed by atoms with Crippen LogP contribution in [-0.2, 0) is 14.3 Å². The van der Waals surface area contributed by atoms with Gasteiger partial charge in [0.25, 0.3) is 5.91 Å². The topological polar surface area (TPSA) is 55.4 Å². The van der Waals surface area contributed by atoms with Gasteiger partial charge in [-0.05, 0) is 48.2 Å². The molecular formula is C21H24FNO3S. The summed E-state index contributed by atoms with van der Waals surface area (Å²) in [6.07, 6.45) is 1.15. The van der Waals surface area contributed by atoms with E-state index in [-0.39, 0.29) is 24.8 Å². The molecule has 0 fully saturated rings. The average Bonchev–Trinajstić information content (AvgIpc) is 2.68. The number of nitrogens with one attached hydrogen (secondary N) is 1. The Bertz CT molecular complexity index is 764. The fourth-order valence-corrected chi connectivity index (χ4v) is 3.28. The van der Waals surface area contributed by atoms with Gasteiger partial charge >= 0.3 is 5.97 Å². The second kappa shape index (κ2) is 10.7. The number of ether oxygens (including phenoxy) is 1. The third kappa shape index (κ3) is 7.06. The normalized spacial score (nSPS) is 11.7. The molecule has 0 saturated heterocycles. The van der Waals surface area contributed by atoms with Crippen LogP contribution in [0.5, 0.6) is 0 Å². The Kier molecular flexibility index (Phi) is 8.33. The summed E-state index contributed by atoms with van der Waals surface area (Å²) < 4.78 is 17.9. The summed E-state index contributed by atoms with van der Waals surface area (Å²) in [5.41, 5.74) is 1.81. The van der Waals surface area contributed by atoms with Crippen LogP contribution in [0.1, 0.15) is 38.2 Å². The van der Waals surface area contributed by atoms with Crippen molar-refractivity contribution in [3.63, 3.8) is 0 Å². The third-order valence-electron chi connectivity index (χ3n) is 4.13. The van der Waals surface area contributed by atoms with Gasteiger partial charge in [0, 0.05) is 16.3 Å². The van der Waals surface area contributed by atoms with Crippen molar-refractivity contribution >= 4 is 29.3 Å². The number of thioether (sulfide) groups is 1. The monoisotopic (exact) mass is 389 g/mol. The lowest BCUT2D eigenvalue weighted by Crippen LogP contribution is -2.21. The number of benzene rings is 2. The Morgan fingerprint density at radius 2 is 1.85 bits per heavy atom. The molecule has 0 aliphatic carbocycles. The Balaban J connectivity index is 1.73. The SMILES string of the molecule is CC[C@@H](C)c1ccccc1NC(=O)COC(=O)CCSc1ccc(F)cc1. The molecule has 2 aromatic carbocycles. The average molecular weight is 389 g/mol. The van der Waals surface area contributed by atoms with Gasteiger partial charge < -0.3 is 10.1 Å². The summed E-state index contributed by atoms with van der Waals surface area (Å²) >= 11 is 1.43. The first-order valence-corrected chi connectivity index (χ1v) is 9.91. The van der Waals surface area contributed by atoms with E-state index in [4.69, 9.17) is 4.74 Å². The van der Waals surface area contributed by atoms with Crippen LogP contribution in [0.3, 0.4) is 0 Å². The van der Waals surface area contributed by atoms with Crippen LogP contribution in [-0.4, -0.2) is 24.2 Å². The molecule has 1 N–H and O–H groups in total. The number of hydrogen-bond donors (Lipinski definition) is 1. The van der Waals surface area contributed by atoms with Gasteiger partial charge in [-0.3, -0.25) is 9.59 Å². The van der Waals surface area contributed by atoms with Crippen molar-refractivity contribution < 1.29 is 18.7 Å². The largest absolute Gasteiger partial charge is 0.456 e. The highest BCUT2D eigenvalue weighted by Gasteiger charge is 2.12. The molecule has 1 amide bonds. The van der Waals surface area contributed by atoms with E-state index >= 15 is 0 Å². The van der Waals surface area contributed by atoms with Crippen molar-refractivity contribution in [2.75, 3.05) is 17.7 Å². The summed E-state index contributed by atoms with van der Waals surface area (Å²) in [5, 5.41) is 2.81. The number of rotatable bonds is 9. The molecule has 0 radical (unpaired) electrons. The lowest BCUT2D eigenvalue weighted by atomic mass is 9.97. The Hall–Kier alpha value is -2.34. The van der Waals surface area contributed by atoms with Gasteiger partial charge in [-0.1, -0.05) is 32.0 Å². The van der Waals surface area contributed by atoms with Gasteiger partial charge in [0.1, 0.15) is 5.82 Å².